The summed E-state index contributed by atoms with van der Waals surface area (Å²) in [5, 5.41) is 23.0. The number of hydrogen-bond acceptors (Lipinski definition) is 6. The molecule has 3 unspecified atom stereocenters. The van der Waals surface area contributed by atoms with E-state index < -0.39 is 55.0 Å². The van der Waals surface area contributed by atoms with Crippen molar-refractivity contribution >= 4 is 23.7 Å². The molecular weight excluding hydrogens is 332 g/mol. The maximum absolute atomic E-state index is 12.1. The molecule has 1 aliphatic heterocycles. The summed E-state index contributed by atoms with van der Waals surface area (Å²) in [5.41, 5.74) is 5.67. The second-order valence-corrected chi connectivity index (χ2v) is 6.31. The topological polar surface area (TPSA) is 162 Å². The van der Waals surface area contributed by atoms with Crippen molar-refractivity contribution in [3.8, 4) is 0 Å². The number of aliphatic hydroxyl groups is 1. The Hall–Kier alpha value is -2.20. The smallest absolute Gasteiger partial charge is 0.326 e. The lowest BCUT2D eigenvalue weighted by Crippen LogP contribution is -2.55. The minimum Gasteiger partial charge on any atom is -0.480 e. The molecule has 3 amide bonds. The van der Waals surface area contributed by atoms with Crippen LogP contribution in [0.2, 0.25) is 0 Å². The molecule has 1 aliphatic rings. The van der Waals surface area contributed by atoms with E-state index in [1.165, 1.54) is 4.90 Å². The molecule has 0 aromatic rings. The van der Waals surface area contributed by atoms with Gasteiger partial charge >= 0.3 is 5.97 Å². The highest BCUT2D eigenvalue weighted by atomic mass is 16.4. The van der Waals surface area contributed by atoms with Crippen LogP contribution in [-0.2, 0) is 19.2 Å². The van der Waals surface area contributed by atoms with Crippen LogP contribution < -0.4 is 16.4 Å². The molecule has 1 heterocycles. The molecule has 10 heteroatoms. The van der Waals surface area contributed by atoms with Gasteiger partial charge in [-0.1, -0.05) is 13.8 Å². The number of carboxylic acid groups (broad SMARTS) is 1. The third-order valence-electron chi connectivity index (χ3n) is 4.11. The Labute approximate surface area is 145 Å². The number of rotatable bonds is 8. The second-order valence-electron chi connectivity index (χ2n) is 6.31. The van der Waals surface area contributed by atoms with Crippen molar-refractivity contribution in [3.05, 3.63) is 0 Å². The van der Waals surface area contributed by atoms with Crippen LogP contribution in [0.15, 0.2) is 0 Å². The molecule has 10 nitrogen and oxygen atoms in total. The molecule has 142 valence electrons. The number of aliphatic carboxylic acids is 1. The monoisotopic (exact) mass is 358 g/mol. The zero-order chi connectivity index (χ0) is 19.1. The highest BCUT2D eigenvalue weighted by molar-refractivity contribution is 5.92. The molecule has 25 heavy (non-hydrogen) atoms. The van der Waals surface area contributed by atoms with Crippen LogP contribution in [0.1, 0.15) is 26.7 Å². The maximum Gasteiger partial charge on any atom is 0.326 e. The van der Waals surface area contributed by atoms with Crippen LogP contribution in [0.3, 0.4) is 0 Å². The van der Waals surface area contributed by atoms with Crippen molar-refractivity contribution in [1.82, 2.24) is 15.5 Å². The number of carbonyl (C=O) groups excluding carboxylic acids is 3. The Balaban J connectivity index is 2.54. The number of nitrogens with zero attached hydrogens (tertiary/aromatic N) is 1. The van der Waals surface area contributed by atoms with E-state index in [0.29, 0.717) is 19.4 Å². The van der Waals surface area contributed by atoms with E-state index in [0.717, 1.165) is 0 Å². The minimum atomic E-state index is -1.24. The number of aliphatic hydroxyl groups excluding tert-OH is 1. The standard InChI is InChI=1S/C15H26N4O6/c1-8(2)12(16)14(23)18-9(7-20)13(22)17-6-11(21)19-5-3-4-10(19)15(24)25/h8-10,12,20H,3-7,16H2,1-2H3,(H,17,22)(H,18,23)(H,24,25). The summed E-state index contributed by atoms with van der Waals surface area (Å²) >= 11 is 0. The third-order valence-corrected chi connectivity index (χ3v) is 4.11. The van der Waals surface area contributed by atoms with E-state index in [2.05, 4.69) is 10.6 Å². The van der Waals surface area contributed by atoms with Gasteiger partial charge in [-0.3, -0.25) is 14.4 Å². The van der Waals surface area contributed by atoms with Gasteiger partial charge in [-0.15, -0.1) is 0 Å². The number of nitrogens with two attached hydrogens (primary N) is 1. The minimum absolute atomic E-state index is 0.146. The van der Waals surface area contributed by atoms with Gasteiger partial charge < -0.3 is 31.5 Å². The molecule has 1 fully saturated rings. The van der Waals surface area contributed by atoms with Gasteiger partial charge in [-0.25, -0.2) is 4.79 Å². The van der Waals surface area contributed by atoms with Gasteiger partial charge in [0.05, 0.1) is 19.2 Å². The van der Waals surface area contributed by atoms with Gasteiger partial charge in [0.15, 0.2) is 0 Å². The van der Waals surface area contributed by atoms with E-state index in [1.54, 1.807) is 13.8 Å². The lowest BCUT2D eigenvalue weighted by Gasteiger charge is -2.23. The van der Waals surface area contributed by atoms with Gasteiger partial charge in [0.2, 0.25) is 17.7 Å². The summed E-state index contributed by atoms with van der Waals surface area (Å²) < 4.78 is 0. The first-order chi connectivity index (χ1) is 11.7. The van der Waals surface area contributed by atoms with Crippen molar-refractivity contribution in [1.29, 1.82) is 0 Å². The SMILES string of the molecule is CC(C)C(N)C(=O)NC(CO)C(=O)NCC(=O)N1CCCC1C(=O)O. The highest BCUT2D eigenvalue weighted by Gasteiger charge is 2.34. The summed E-state index contributed by atoms with van der Waals surface area (Å²) in [5.74, 6) is -3.08. The average molecular weight is 358 g/mol. The van der Waals surface area contributed by atoms with Crippen molar-refractivity contribution in [2.24, 2.45) is 11.7 Å². The summed E-state index contributed by atoms with van der Waals surface area (Å²) in [4.78, 5) is 48.2. The lowest BCUT2D eigenvalue weighted by atomic mass is 10.0. The van der Waals surface area contributed by atoms with Crippen LogP contribution in [0, 0.1) is 5.92 Å². The van der Waals surface area contributed by atoms with Gasteiger partial charge in [0.25, 0.3) is 0 Å². The number of amides is 3. The van der Waals surface area contributed by atoms with E-state index in [-0.39, 0.29) is 5.92 Å². The zero-order valence-corrected chi connectivity index (χ0v) is 14.4. The highest BCUT2D eigenvalue weighted by Crippen LogP contribution is 2.17. The largest absolute Gasteiger partial charge is 0.480 e. The fraction of sp³-hybridized carbons (Fsp3) is 0.733. The molecule has 1 rings (SSSR count). The fourth-order valence-electron chi connectivity index (χ4n) is 2.47. The molecular formula is C15H26N4O6. The molecule has 0 aliphatic carbocycles. The number of hydrogen-bond donors (Lipinski definition) is 5. The zero-order valence-electron chi connectivity index (χ0n) is 14.4. The van der Waals surface area contributed by atoms with Crippen molar-refractivity contribution < 1.29 is 29.4 Å². The number of carboxylic acids is 1. The Morgan fingerprint density at radius 2 is 1.88 bits per heavy atom. The molecule has 0 aromatic heterocycles. The normalized spacial score (nSPS) is 19.4. The average Bonchev–Trinajstić information content (AvgIpc) is 3.06. The first-order valence-corrected chi connectivity index (χ1v) is 8.15. The predicted molar refractivity (Wildman–Crippen MR) is 87.2 cm³/mol. The first-order valence-electron chi connectivity index (χ1n) is 8.15. The number of likely N-dealkylation sites (tertiary alicyclic amines) is 1. The summed E-state index contributed by atoms with van der Waals surface area (Å²) in [7, 11) is 0. The molecule has 0 radical (unpaired) electrons. The van der Waals surface area contributed by atoms with Gasteiger partial charge in [0.1, 0.15) is 12.1 Å². The summed E-state index contributed by atoms with van der Waals surface area (Å²) in [6.45, 7) is 2.73. The first kappa shape index (κ1) is 20.8. The Morgan fingerprint density at radius 1 is 1.24 bits per heavy atom. The second kappa shape index (κ2) is 9.33. The Kier molecular flexibility index (Phi) is 7.78. The van der Waals surface area contributed by atoms with E-state index in [4.69, 9.17) is 10.8 Å². The van der Waals surface area contributed by atoms with Crippen LogP contribution in [0.4, 0.5) is 0 Å². The Bertz CT molecular complexity index is 524. The molecule has 3 atom stereocenters. The van der Waals surface area contributed by atoms with Gasteiger partial charge in [0, 0.05) is 6.54 Å². The molecule has 0 saturated carbocycles. The molecule has 0 bridgehead atoms. The van der Waals surface area contributed by atoms with Gasteiger partial charge in [-0.05, 0) is 18.8 Å². The number of nitrogens with one attached hydrogen (secondary N) is 2. The van der Waals surface area contributed by atoms with Crippen molar-refractivity contribution in [2.75, 3.05) is 19.7 Å². The van der Waals surface area contributed by atoms with E-state index in [9.17, 15) is 24.3 Å². The molecule has 0 aromatic carbocycles. The van der Waals surface area contributed by atoms with Crippen LogP contribution in [-0.4, -0.2) is 76.6 Å². The quantitative estimate of drug-likeness (QED) is 0.324. The predicted octanol–water partition coefficient (Wildman–Crippen LogP) is -2.36. The summed E-state index contributed by atoms with van der Waals surface area (Å²) in [6, 6.07) is -2.95. The molecule has 0 spiro atoms. The van der Waals surface area contributed by atoms with Crippen molar-refractivity contribution in [3.63, 3.8) is 0 Å². The van der Waals surface area contributed by atoms with Crippen LogP contribution in [0.5, 0.6) is 0 Å². The fourth-order valence-corrected chi connectivity index (χ4v) is 2.47. The molecule has 6 N–H and O–H groups in total. The third kappa shape index (κ3) is 5.68. The van der Waals surface area contributed by atoms with E-state index >= 15 is 0 Å². The van der Waals surface area contributed by atoms with Crippen molar-refractivity contribution in [2.45, 2.75) is 44.8 Å². The van der Waals surface area contributed by atoms with Gasteiger partial charge in [-0.2, -0.15) is 0 Å². The Morgan fingerprint density at radius 3 is 2.40 bits per heavy atom. The molecule has 1 saturated heterocycles. The lowest BCUT2D eigenvalue weighted by molar-refractivity contribution is -0.148. The number of carbonyl (C=O) groups is 4. The van der Waals surface area contributed by atoms with Crippen LogP contribution in [0.25, 0.3) is 0 Å². The van der Waals surface area contributed by atoms with E-state index in [1.807, 2.05) is 0 Å². The summed E-state index contributed by atoms with van der Waals surface area (Å²) in [6.07, 6.45) is 0.955. The maximum atomic E-state index is 12.1. The van der Waals surface area contributed by atoms with Crippen LogP contribution >= 0.6 is 0 Å².